The molecule has 0 aliphatic heterocycles. The minimum Gasteiger partial charge on any atom is -0.495 e. The number of halogens is 1. The van der Waals surface area contributed by atoms with Crippen molar-refractivity contribution in [3.63, 3.8) is 0 Å². The molecule has 28 heavy (non-hydrogen) atoms. The molecule has 0 amide bonds. The van der Waals surface area contributed by atoms with E-state index >= 15 is 0 Å². The summed E-state index contributed by atoms with van der Waals surface area (Å²) in [5, 5.41) is 4.78. The Hall–Kier alpha value is -2.70. The van der Waals surface area contributed by atoms with Gasteiger partial charge >= 0.3 is 0 Å². The number of benzene rings is 1. The summed E-state index contributed by atoms with van der Waals surface area (Å²) in [4.78, 5) is 30.9. The molecule has 6 nitrogen and oxygen atoms in total. The van der Waals surface area contributed by atoms with Crippen molar-refractivity contribution in [2.45, 2.75) is 19.9 Å². The molecule has 1 aliphatic rings. The van der Waals surface area contributed by atoms with E-state index in [9.17, 15) is 9.59 Å². The Labute approximate surface area is 167 Å². The maximum absolute atomic E-state index is 13.3. The van der Waals surface area contributed by atoms with E-state index in [0.717, 1.165) is 19.5 Å². The molecule has 0 unspecified atom stereocenters. The molecule has 0 atom stereocenters. The van der Waals surface area contributed by atoms with Crippen molar-refractivity contribution >= 4 is 28.2 Å². The van der Waals surface area contributed by atoms with Gasteiger partial charge in [0.25, 0.3) is 5.56 Å². The number of hydrogen-bond donors (Lipinski definition) is 1. The Bertz CT molecular complexity index is 1150. The van der Waals surface area contributed by atoms with Crippen LogP contribution in [0.5, 0.6) is 5.75 Å². The maximum atomic E-state index is 13.3. The molecule has 3 aromatic rings. The lowest BCUT2D eigenvalue weighted by Gasteiger charge is -2.15. The summed E-state index contributed by atoms with van der Waals surface area (Å²) in [6, 6.07) is 6.75. The molecule has 4 rings (SSSR count). The summed E-state index contributed by atoms with van der Waals surface area (Å²) in [7, 11) is 1.53. The van der Waals surface area contributed by atoms with Gasteiger partial charge in [-0.2, -0.15) is 0 Å². The van der Waals surface area contributed by atoms with Crippen molar-refractivity contribution in [3.8, 4) is 17.1 Å². The largest absolute Gasteiger partial charge is 0.495 e. The predicted octanol–water partition coefficient (Wildman–Crippen LogP) is 3.27. The van der Waals surface area contributed by atoms with Crippen LogP contribution in [0.25, 0.3) is 22.2 Å². The predicted molar refractivity (Wildman–Crippen MR) is 110 cm³/mol. The molecule has 1 N–H and O–H groups in total. The second-order valence-corrected chi connectivity index (χ2v) is 7.11. The normalized spacial score (nSPS) is 12.3. The molecule has 1 aromatic carbocycles. The monoisotopic (exact) mass is 397 g/mol. The Morgan fingerprint density at radius 2 is 2.04 bits per heavy atom. The molecule has 0 saturated carbocycles. The summed E-state index contributed by atoms with van der Waals surface area (Å²) in [6.07, 6.45) is 2.33. The van der Waals surface area contributed by atoms with Crippen molar-refractivity contribution < 1.29 is 9.53 Å². The number of carbonyl (C=O) groups is 1. The average molecular weight is 398 g/mol. The van der Waals surface area contributed by atoms with Crippen LogP contribution < -0.4 is 15.6 Å². The molecule has 0 bridgehead atoms. The van der Waals surface area contributed by atoms with Gasteiger partial charge < -0.3 is 14.6 Å². The molecule has 2 aromatic heterocycles. The van der Waals surface area contributed by atoms with Gasteiger partial charge in [-0.05, 0) is 37.7 Å². The summed E-state index contributed by atoms with van der Waals surface area (Å²) >= 11 is 6.13. The fourth-order valence-electron chi connectivity index (χ4n) is 3.70. The Kier molecular flexibility index (Phi) is 4.91. The second-order valence-electron chi connectivity index (χ2n) is 6.68. The number of hydrogen-bond acceptors (Lipinski definition) is 5. The third kappa shape index (κ3) is 2.89. The lowest BCUT2D eigenvalue weighted by atomic mass is 10.0. The van der Waals surface area contributed by atoms with Crippen molar-refractivity contribution in [2.75, 3.05) is 20.2 Å². The highest BCUT2D eigenvalue weighted by molar-refractivity contribution is 6.32. The van der Waals surface area contributed by atoms with E-state index in [1.807, 2.05) is 6.92 Å². The van der Waals surface area contributed by atoms with E-state index in [-0.39, 0.29) is 11.3 Å². The van der Waals surface area contributed by atoms with Gasteiger partial charge in [-0.3, -0.25) is 14.6 Å². The number of pyridine rings is 2. The third-order valence-electron chi connectivity index (χ3n) is 5.01. The zero-order chi connectivity index (χ0) is 19.8. The molecule has 0 spiro atoms. The molecule has 7 heteroatoms. The first-order valence-electron chi connectivity index (χ1n) is 9.22. The first-order chi connectivity index (χ1) is 13.6. The fourth-order valence-corrected chi connectivity index (χ4v) is 3.88. The number of carbonyl (C=O) groups excluding carboxylic acids is 1. The van der Waals surface area contributed by atoms with Gasteiger partial charge in [0.2, 0.25) is 0 Å². The van der Waals surface area contributed by atoms with E-state index in [4.69, 9.17) is 16.3 Å². The summed E-state index contributed by atoms with van der Waals surface area (Å²) < 4.78 is 6.89. The molecule has 0 saturated heterocycles. The van der Waals surface area contributed by atoms with Gasteiger partial charge in [0, 0.05) is 22.3 Å². The van der Waals surface area contributed by atoms with Gasteiger partial charge in [0.1, 0.15) is 5.75 Å². The van der Waals surface area contributed by atoms with E-state index in [1.165, 1.54) is 7.11 Å². The maximum Gasteiger partial charge on any atom is 0.259 e. The molecular weight excluding hydrogens is 378 g/mol. The molecule has 1 aliphatic carbocycles. The average Bonchev–Trinajstić information content (AvgIpc) is 2.99. The molecule has 0 fully saturated rings. The SMILES string of the molecule is CCNCCCn1c2c(c3ccc(Cl)cc3c1=O)C(=O)c1cc(OC)cnc1-2. The van der Waals surface area contributed by atoms with E-state index in [2.05, 4.69) is 10.3 Å². The van der Waals surface area contributed by atoms with Gasteiger partial charge in [0.15, 0.2) is 5.78 Å². The van der Waals surface area contributed by atoms with Crippen LogP contribution in [0.1, 0.15) is 29.3 Å². The first-order valence-corrected chi connectivity index (χ1v) is 9.60. The van der Waals surface area contributed by atoms with Crippen LogP contribution in [0, 0.1) is 0 Å². The molecule has 144 valence electrons. The topological polar surface area (TPSA) is 73.2 Å². The highest BCUT2D eigenvalue weighted by Gasteiger charge is 2.34. The van der Waals surface area contributed by atoms with Gasteiger partial charge in [-0.15, -0.1) is 0 Å². The Morgan fingerprint density at radius 1 is 1.21 bits per heavy atom. The number of fused-ring (bicyclic) bond motifs is 5. The van der Waals surface area contributed by atoms with Crippen molar-refractivity contribution in [2.24, 2.45) is 0 Å². The smallest absolute Gasteiger partial charge is 0.259 e. The number of nitrogens with zero attached hydrogens (tertiary/aromatic N) is 2. The number of ketones is 1. The van der Waals surface area contributed by atoms with Crippen LogP contribution in [0.4, 0.5) is 0 Å². The lowest BCUT2D eigenvalue weighted by Crippen LogP contribution is -2.25. The quantitative estimate of drug-likeness (QED) is 0.505. The van der Waals surface area contributed by atoms with Crippen LogP contribution in [-0.2, 0) is 6.54 Å². The first kappa shape index (κ1) is 18.7. The highest BCUT2D eigenvalue weighted by atomic mass is 35.5. The van der Waals surface area contributed by atoms with Gasteiger partial charge in [0.05, 0.1) is 35.8 Å². The van der Waals surface area contributed by atoms with Crippen LogP contribution >= 0.6 is 11.6 Å². The number of aromatic nitrogens is 2. The van der Waals surface area contributed by atoms with Crippen LogP contribution in [-0.4, -0.2) is 35.5 Å². The Balaban J connectivity index is 1.99. The number of methoxy groups -OCH3 is 1. The lowest BCUT2D eigenvalue weighted by molar-refractivity contribution is 0.104. The third-order valence-corrected chi connectivity index (χ3v) is 5.25. The number of ether oxygens (including phenoxy) is 1. The van der Waals surface area contributed by atoms with Crippen LogP contribution in [0.15, 0.2) is 35.3 Å². The summed E-state index contributed by atoms with van der Waals surface area (Å²) in [6.45, 7) is 4.16. The molecular formula is C21H20ClN3O3. The van der Waals surface area contributed by atoms with Gasteiger partial charge in [-0.25, -0.2) is 0 Å². The highest BCUT2D eigenvalue weighted by Crippen LogP contribution is 2.39. The second kappa shape index (κ2) is 7.37. The number of nitrogens with one attached hydrogen (secondary N) is 1. The van der Waals surface area contributed by atoms with Crippen molar-refractivity contribution in [3.05, 3.63) is 57.0 Å². The molecule has 2 heterocycles. The van der Waals surface area contributed by atoms with Gasteiger partial charge in [-0.1, -0.05) is 24.6 Å². The summed E-state index contributed by atoms with van der Waals surface area (Å²) in [5.74, 6) is 0.359. The Morgan fingerprint density at radius 3 is 2.79 bits per heavy atom. The van der Waals surface area contributed by atoms with E-state index in [1.54, 1.807) is 35.0 Å². The zero-order valence-corrected chi connectivity index (χ0v) is 16.5. The summed E-state index contributed by atoms with van der Waals surface area (Å²) in [5.41, 5.74) is 1.91. The minimum absolute atomic E-state index is 0.149. The van der Waals surface area contributed by atoms with Crippen molar-refractivity contribution in [1.29, 1.82) is 0 Å². The van der Waals surface area contributed by atoms with Crippen LogP contribution in [0.3, 0.4) is 0 Å². The standard InChI is InChI=1S/C21H20ClN3O3/c1-3-23-7-4-8-25-19-17(14-6-5-12(22)9-15(14)21(25)27)20(26)16-10-13(28-2)11-24-18(16)19/h5-6,9-11,23H,3-4,7-8H2,1-2H3. The van der Waals surface area contributed by atoms with Crippen LogP contribution in [0.2, 0.25) is 5.02 Å². The zero-order valence-electron chi connectivity index (χ0n) is 15.7. The minimum atomic E-state index is -0.161. The van der Waals surface area contributed by atoms with E-state index < -0.39 is 0 Å². The molecule has 0 radical (unpaired) electrons. The number of rotatable bonds is 6. The van der Waals surface area contributed by atoms with E-state index in [0.29, 0.717) is 50.6 Å². The van der Waals surface area contributed by atoms with Crippen molar-refractivity contribution in [1.82, 2.24) is 14.9 Å². The fraction of sp³-hybridized carbons (Fsp3) is 0.286.